The molecule has 1 aliphatic rings. The second kappa shape index (κ2) is 12.8. The number of benzene rings is 1. The number of guanidine groups is 1. The van der Waals surface area contributed by atoms with E-state index in [1.807, 2.05) is 0 Å². The molecule has 2 amide bonds. The Bertz CT molecular complexity index is 1090. The van der Waals surface area contributed by atoms with Crippen molar-refractivity contribution in [3.8, 4) is 0 Å². The second-order valence-corrected chi connectivity index (χ2v) is 8.50. The van der Waals surface area contributed by atoms with E-state index in [2.05, 4.69) is 47.0 Å². The number of hydrogen-bond acceptors (Lipinski definition) is 9. The van der Waals surface area contributed by atoms with Crippen LogP contribution in [0, 0.1) is 11.7 Å². The van der Waals surface area contributed by atoms with Crippen molar-refractivity contribution in [2.24, 2.45) is 21.8 Å². The van der Waals surface area contributed by atoms with Crippen molar-refractivity contribution in [3.05, 3.63) is 34.2 Å². The largest absolute Gasteiger partial charge is 0.397 e. The highest BCUT2D eigenvalue weighted by molar-refractivity contribution is 9.10. The van der Waals surface area contributed by atoms with Crippen molar-refractivity contribution in [2.45, 2.75) is 32.1 Å². The van der Waals surface area contributed by atoms with Crippen LogP contribution in [0.3, 0.4) is 0 Å². The molecule has 0 bridgehead atoms. The van der Waals surface area contributed by atoms with E-state index in [0.29, 0.717) is 31.6 Å². The van der Waals surface area contributed by atoms with Crippen LogP contribution in [0.25, 0.3) is 0 Å². The number of nitrogens with two attached hydrogens (primary N) is 1. The predicted octanol–water partition coefficient (Wildman–Crippen LogP) is 2.37. The molecule has 0 atom stereocenters. The monoisotopic (exact) mass is 552 g/mol. The van der Waals surface area contributed by atoms with Gasteiger partial charge >= 0.3 is 0 Å². The van der Waals surface area contributed by atoms with Gasteiger partial charge in [-0.05, 0) is 63.7 Å². The molecule has 12 nitrogen and oxygen atoms in total. The fourth-order valence-electron chi connectivity index (χ4n) is 3.55. The van der Waals surface area contributed by atoms with Crippen molar-refractivity contribution in [2.75, 3.05) is 30.4 Å². The minimum Gasteiger partial charge on any atom is -0.397 e. The van der Waals surface area contributed by atoms with E-state index in [4.69, 9.17) is 15.2 Å². The first kappa shape index (κ1) is 26.1. The summed E-state index contributed by atoms with van der Waals surface area (Å²) in [4.78, 5) is 34.1. The van der Waals surface area contributed by atoms with Crippen molar-refractivity contribution in [1.29, 1.82) is 0 Å². The van der Waals surface area contributed by atoms with Crippen LogP contribution in [0.15, 0.2) is 37.4 Å². The normalized spacial score (nSPS) is 14.6. The molecule has 1 aliphatic carbocycles. The van der Waals surface area contributed by atoms with E-state index in [1.54, 1.807) is 0 Å². The third-order valence-corrected chi connectivity index (χ3v) is 5.89. The van der Waals surface area contributed by atoms with E-state index >= 15 is 0 Å². The number of aromatic nitrogens is 2. The van der Waals surface area contributed by atoms with Gasteiger partial charge in [-0.15, -0.1) is 0 Å². The summed E-state index contributed by atoms with van der Waals surface area (Å²) in [6.07, 6.45) is 4.90. The Morgan fingerprint density at radius 2 is 2.17 bits per heavy atom. The summed E-state index contributed by atoms with van der Waals surface area (Å²) in [5.74, 6) is -0.294. The summed E-state index contributed by atoms with van der Waals surface area (Å²) in [6.45, 7) is 0.755. The summed E-state index contributed by atoms with van der Waals surface area (Å²) < 4.78 is 18.6. The first-order valence-corrected chi connectivity index (χ1v) is 11.7. The summed E-state index contributed by atoms with van der Waals surface area (Å²) in [5, 5.41) is 17.2. The zero-order chi connectivity index (χ0) is 25.2. The van der Waals surface area contributed by atoms with Gasteiger partial charge in [0, 0.05) is 19.0 Å². The lowest BCUT2D eigenvalue weighted by atomic mass is 10.1. The molecule has 3 rings (SSSR count). The van der Waals surface area contributed by atoms with Crippen molar-refractivity contribution in [1.82, 2.24) is 15.6 Å². The van der Waals surface area contributed by atoms with Gasteiger partial charge in [0.2, 0.25) is 24.0 Å². The number of amidine groups is 1. The summed E-state index contributed by atoms with van der Waals surface area (Å²) in [7, 11) is 1.30. The van der Waals surface area contributed by atoms with Gasteiger partial charge < -0.3 is 15.9 Å². The molecule has 0 unspecified atom stereocenters. The third-order valence-electron chi connectivity index (χ3n) is 5.28. The van der Waals surface area contributed by atoms with Crippen LogP contribution in [0.1, 0.15) is 37.8 Å². The Labute approximate surface area is 209 Å². The van der Waals surface area contributed by atoms with Crippen molar-refractivity contribution >= 4 is 51.5 Å². The number of anilines is 2. The maximum absolute atomic E-state index is 13.6. The molecule has 0 saturated heterocycles. The zero-order valence-corrected chi connectivity index (χ0v) is 20.6. The topological polar surface area (TPSA) is 160 Å². The van der Waals surface area contributed by atoms with Crippen LogP contribution >= 0.6 is 15.9 Å². The van der Waals surface area contributed by atoms with E-state index < -0.39 is 5.82 Å². The van der Waals surface area contributed by atoms with Crippen LogP contribution in [0.2, 0.25) is 0 Å². The van der Waals surface area contributed by atoms with E-state index in [1.165, 1.54) is 25.3 Å². The highest BCUT2D eigenvalue weighted by Crippen LogP contribution is 2.25. The molecule has 1 fully saturated rings. The molecule has 1 saturated carbocycles. The van der Waals surface area contributed by atoms with E-state index in [-0.39, 0.29) is 39.6 Å². The number of nitrogens with zero attached hydrogens (tertiary/aromatic N) is 5. The molecular formula is C21H26BrFN8O4. The summed E-state index contributed by atoms with van der Waals surface area (Å²) in [6, 6.07) is 4.00. The smallest absolute Gasteiger partial charge is 0.229 e. The highest BCUT2D eigenvalue weighted by atomic mass is 79.9. The fourth-order valence-corrected chi connectivity index (χ4v) is 3.91. The molecule has 0 radical (unpaired) electrons. The lowest BCUT2D eigenvalue weighted by molar-refractivity contribution is -0.123. The molecular weight excluding hydrogens is 527 g/mol. The molecule has 35 heavy (non-hydrogen) atoms. The average Bonchev–Trinajstić information content (AvgIpc) is 3.53. The van der Waals surface area contributed by atoms with Gasteiger partial charge in [-0.1, -0.05) is 18.0 Å². The maximum atomic E-state index is 13.6. The lowest BCUT2D eigenvalue weighted by Crippen LogP contribution is -2.40. The molecule has 2 aromatic rings. The lowest BCUT2D eigenvalue weighted by Gasteiger charge is -2.18. The Kier molecular flexibility index (Phi) is 9.52. The van der Waals surface area contributed by atoms with E-state index in [0.717, 1.165) is 30.6 Å². The van der Waals surface area contributed by atoms with Crippen molar-refractivity contribution in [3.63, 3.8) is 0 Å². The third kappa shape index (κ3) is 6.97. The molecule has 1 aromatic heterocycles. The predicted molar refractivity (Wildman–Crippen MR) is 130 cm³/mol. The first-order valence-electron chi connectivity index (χ1n) is 10.9. The number of rotatable bonds is 10. The SMILES string of the molecule is CO/N=C(/c1nonc1NCCCN=C(N)NC(=O)C1CCCC1)N(C=O)c1ccc(F)c(Br)c1. The summed E-state index contributed by atoms with van der Waals surface area (Å²) in [5.41, 5.74) is 6.22. The number of carbonyl (C=O) groups is 2. The molecule has 188 valence electrons. The number of carbonyl (C=O) groups excluding carboxylic acids is 2. The van der Waals surface area contributed by atoms with Gasteiger partial charge in [0.05, 0.1) is 10.2 Å². The van der Waals surface area contributed by atoms with Gasteiger partial charge in [-0.2, -0.15) is 0 Å². The Balaban J connectivity index is 1.60. The Morgan fingerprint density at radius 1 is 1.40 bits per heavy atom. The molecule has 1 heterocycles. The van der Waals surface area contributed by atoms with Crippen LogP contribution in [-0.2, 0) is 14.4 Å². The van der Waals surface area contributed by atoms with Crippen molar-refractivity contribution < 1.29 is 23.4 Å². The number of hydrogen-bond donors (Lipinski definition) is 3. The van der Waals surface area contributed by atoms with Gasteiger partial charge in [0.25, 0.3) is 0 Å². The van der Waals surface area contributed by atoms with Gasteiger partial charge in [0.1, 0.15) is 12.9 Å². The van der Waals surface area contributed by atoms with Crippen LogP contribution < -0.4 is 21.3 Å². The molecule has 0 spiro atoms. The number of amides is 2. The molecule has 4 N–H and O–H groups in total. The van der Waals surface area contributed by atoms with Gasteiger partial charge in [-0.25, -0.2) is 9.02 Å². The van der Waals surface area contributed by atoms with Crippen LogP contribution in [-0.4, -0.2) is 54.6 Å². The number of nitrogens with one attached hydrogen (secondary N) is 2. The first-order chi connectivity index (χ1) is 16.9. The zero-order valence-electron chi connectivity index (χ0n) is 19.0. The van der Waals surface area contributed by atoms with Gasteiger partial charge in [0.15, 0.2) is 11.7 Å². The highest BCUT2D eigenvalue weighted by Gasteiger charge is 2.25. The van der Waals surface area contributed by atoms with Crippen LogP contribution in [0.5, 0.6) is 0 Å². The fraction of sp³-hybridized carbons (Fsp3) is 0.429. The minimum absolute atomic E-state index is 0.00779. The number of halogens is 2. The average molecular weight is 553 g/mol. The quantitative estimate of drug-likeness (QED) is 0.133. The second-order valence-electron chi connectivity index (χ2n) is 7.65. The molecule has 1 aromatic carbocycles. The van der Waals surface area contributed by atoms with E-state index in [9.17, 15) is 14.0 Å². The Hall–Kier alpha value is -3.55. The maximum Gasteiger partial charge on any atom is 0.229 e. The minimum atomic E-state index is -0.489. The number of aliphatic imine (C=N–C) groups is 1. The molecule has 14 heteroatoms. The van der Waals surface area contributed by atoms with Gasteiger partial charge in [-0.3, -0.25) is 24.8 Å². The standard InChI is InChI=1S/C21H26BrFN8O4/c1-34-30-19(31(12-32)14-7-8-16(23)15(22)11-14)17-18(29-35-28-17)25-9-4-10-26-21(24)27-20(33)13-5-2-3-6-13/h7-8,11-13H,2-6,9-10H2,1H3,(H,25,29)(H3,24,26,27,33)/b30-19-. The van der Waals surface area contributed by atoms with Crippen LogP contribution in [0.4, 0.5) is 15.9 Å². The summed E-state index contributed by atoms with van der Waals surface area (Å²) >= 11 is 3.09. The molecule has 0 aliphatic heterocycles. The number of oxime groups is 1. The Morgan fingerprint density at radius 3 is 2.86 bits per heavy atom.